The number of urea groups is 1. The number of hydrogen-bond donors (Lipinski definition) is 2. The Labute approximate surface area is 124 Å². The molecular weight excluding hydrogens is 299 g/mol. The Hall–Kier alpha value is -2.58. The maximum atomic E-state index is 12.5. The standard InChI is InChI=1S/C13H14F3N5O/c14-13(15,16)10-3-1-4-11(7-10)20-12(22)18-5-2-6-21-9-17-8-19-21/h1,3-4,7-9H,2,5-6H2,(H2,18,20,22). The van der Waals surface area contributed by atoms with Gasteiger partial charge in [0.05, 0.1) is 5.56 Å². The van der Waals surface area contributed by atoms with Gasteiger partial charge in [0.1, 0.15) is 12.7 Å². The van der Waals surface area contributed by atoms with Gasteiger partial charge in [-0.05, 0) is 24.6 Å². The topological polar surface area (TPSA) is 71.8 Å². The maximum Gasteiger partial charge on any atom is 0.416 e. The van der Waals surface area contributed by atoms with Crippen molar-refractivity contribution in [1.29, 1.82) is 0 Å². The number of carbonyl (C=O) groups is 1. The van der Waals surface area contributed by atoms with Gasteiger partial charge in [-0.2, -0.15) is 18.3 Å². The van der Waals surface area contributed by atoms with Crippen molar-refractivity contribution in [3.05, 3.63) is 42.5 Å². The molecule has 0 unspecified atom stereocenters. The van der Waals surface area contributed by atoms with E-state index in [2.05, 4.69) is 20.7 Å². The second-order valence-electron chi connectivity index (χ2n) is 4.47. The molecule has 22 heavy (non-hydrogen) atoms. The van der Waals surface area contributed by atoms with Crippen LogP contribution in [0, 0.1) is 0 Å². The number of halogens is 3. The first kappa shape index (κ1) is 15.8. The van der Waals surface area contributed by atoms with Gasteiger partial charge in [-0.15, -0.1) is 0 Å². The second-order valence-corrected chi connectivity index (χ2v) is 4.47. The number of aryl methyl sites for hydroxylation is 1. The summed E-state index contributed by atoms with van der Waals surface area (Å²) >= 11 is 0. The zero-order chi connectivity index (χ0) is 16.0. The Bertz CT molecular complexity index is 612. The van der Waals surface area contributed by atoms with Crippen molar-refractivity contribution in [2.45, 2.75) is 19.1 Å². The van der Waals surface area contributed by atoms with E-state index in [4.69, 9.17) is 0 Å². The Morgan fingerprint density at radius 1 is 1.32 bits per heavy atom. The van der Waals surface area contributed by atoms with Gasteiger partial charge in [0.15, 0.2) is 0 Å². The number of hydrogen-bond acceptors (Lipinski definition) is 3. The average molecular weight is 313 g/mol. The van der Waals surface area contributed by atoms with Crippen LogP contribution in [0.2, 0.25) is 0 Å². The molecule has 2 N–H and O–H groups in total. The Morgan fingerprint density at radius 3 is 2.82 bits per heavy atom. The largest absolute Gasteiger partial charge is 0.416 e. The van der Waals surface area contributed by atoms with E-state index in [-0.39, 0.29) is 5.69 Å². The zero-order valence-corrected chi connectivity index (χ0v) is 11.5. The summed E-state index contributed by atoms with van der Waals surface area (Å²) in [5.41, 5.74) is -0.722. The number of carbonyl (C=O) groups excluding carboxylic acids is 1. The molecule has 118 valence electrons. The van der Waals surface area contributed by atoms with E-state index in [0.717, 1.165) is 12.1 Å². The molecular formula is C13H14F3N5O. The molecule has 1 heterocycles. The van der Waals surface area contributed by atoms with Crippen molar-refractivity contribution in [2.24, 2.45) is 0 Å². The van der Waals surface area contributed by atoms with Crippen molar-refractivity contribution in [3.8, 4) is 0 Å². The molecule has 0 saturated heterocycles. The fourth-order valence-electron chi connectivity index (χ4n) is 1.74. The normalized spacial score (nSPS) is 11.2. The molecule has 2 aromatic rings. The smallest absolute Gasteiger partial charge is 0.338 e. The van der Waals surface area contributed by atoms with E-state index in [1.54, 1.807) is 11.0 Å². The van der Waals surface area contributed by atoms with Gasteiger partial charge in [0.2, 0.25) is 0 Å². The summed E-state index contributed by atoms with van der Waals surface area (Å²) in [6, 6.07) is 3.90. The van der Waals surface area contributed by atoms with Crippen LogP contribution in [0.5, 0.6) is 0 Å². The van der Waals surface area contributed by atoms with E-state index in [1.807, 2.05) is 0 Å². The summed E-state index contributed by atoms with van der Waals surface area (Å²) in [6.45, 7) is 0.953. The summed E-state index contributed by atoms with van der Waals surface area (Å²) in [6.07, 6.45) is -0.845. The van der Waals surface area contributed by atoms with Crippen LogP contribution < -0.4 is 10.6 Å². The van der Waals surface area contributed by atoms with Crippen LogP contribution in [0.25, 0.3) is 0 Å². The lowest BCUT2D eigenvalue weighted by Gasteiger charge is -2.10. The first-order valence-electron chi connectivity index (χ1n) is 6.50. The molecule has 0 aliphatic carbocycles. The summed E-state index contributed by atoms with van der Waals surface area (Å²) in [5.74, 6) is 0. The van der Waals surface area contributed by atoms with Crippen LogP contribution >= 0.6 is 0 Å². The molecule has 2 amide bonds. The van der Waals surface area contributed by atoms with E-state index in [0.29, 0.717) is 19.5 Å². The number of nitrogens with zero attached hydrogens (tertiary/aromatic N) is 3. The van der Waals surface area contributed by atoms with Crippen molar-refractivity contribution in [2.75, 3.05) is 11.9 Å². The lowest BCUT2D eigenvalue weighted by molar-refractivity contribution is -0.137. The van der Waals surface area contributed by atoms with Gasteiger partial charge in [0, 0.05) is 18.8 Å². The van der Waals surface area contributed by atoms with E-state index in [1.165, 1.54) is 18.5 Å². The highest BCUT2D eigenvalue weighted by Crippen LogP contribution is 2.30. The third-order valence-electron chi connectivity index (χ3n) is 2.76. The number of nitrogens with one attached hydrogen (secondary N) is 2. The van der Waals surface area contributed by atoms with Gasteiger partial charge >= 0.3 is 12.2 Å². The number of amides is 2. The minimum atomic E-state index is -4.44. The molecule has 0 saturated carbocycles. The molecule has 0 aliphatic heterocycles. The van der Waals surface area contributed by atoms with Crippen LogP contribution in [0.1, 0.15) is 12.0 Å². The van der Waals surface area contributed by atoms with E-state index in [9.17, 15) is 18.0 Å². The summed E-state index contributed by atoms with van der Waals surface area (Å²) in [4.78, 5) is 15.4. The van der Waals surface area contributed by atoms with Crippen molar-refractivity contribution < 1.29 is 18.0 Å². The number of alkyl halides is 3. The highest BCUT2D eigenvalue weighted by atomic mass is 19.4. The minimum Gasteiger partial charge on any atom is -0.338 e. The summed E-state index contributed by atoms with van der Waals surface area (Å²) in [5, 5.41) is 8.83. The van der Waals surface area contributed by atoms with Gasteiger partial charge in [0.25, 0.3) is 0 Å². The van der Waals surface area contributed by atoms with Crippen LogP contribution in [-0.4, -0.2) is 27.3 Å². The molecule has 0 aliphatic rings. The highest BCUT2D eigenvalue weighted by Gasteiger charge is 2.30. The number of anilines is 1. The van der Waals surface area contributed by atoms with Crippen LogP contribution in [0.3, 0.4) is 0 Å². The Morgan fingerprint density at radius 2 is 2.14 bits per heavy atom. The SMILES string of the molecule is O=C(NCCCn1cncn1)Nc1cccc(C(F)(F)F)c1. The summed E-state index contributed by atoms with van der Waals surface area (Å²) < 4.78 is 39.3. The number of aromatic nitrogens is 3. The zero-order valence-electron chi connectivity index (χ0n) is 11.5. The van der Waals surface area contributed by atoms with Crippen LogP contribution in [0.4, 0.5) is 23.7 Å². The fourth-order valence-corrected chi connectivity index (χ4v) is 1.74. The lowest BCUT2D eigenvalue weighted by atomic mass is 10.2. The minimum absolute atomic E-state index is 0.0867. The Balaban J connectivity index is 1.77. The molecule has 2 rings (SSSR count). The molecule has 1 aromatic carbocycles. The van der Waals surface area contributed by atoms with Crippen molar-refractivity contribution in [1.82, 2.24) is 20.1 Å². The van der Waals surface area contributed by atoms with Crippen LogP contribution in [-0.2, 0) is 12.7 Å². The Kier molecular flexibility index (Phi) is 4.97. The monoisotopic (exact) mass is 313 g/mol. The quantitative estimate of drug-likeness (QED) is 0.833. The van der Waals surface area contributed by atoms with Crippen LogP contribution in [0.15, 0.2) is 36.9 Å². The first-order chi connectivity index (χ1) is 10.4. The maximum absolute atomic E-state index is 12.5. The van der Waals surface area contributed by atoms with E-state index >= 15 is 0 Å². The van der Waals surface area contributed by atoms with Crippen molar-refractivity contribution in [3.63, 3.8) is 0 Å². The van der Waals surface area contributed by atoms with Gasteiger partial charge in [-0.1, -0.05) is 6.07 Å². The molecule has 1 aromatic heterocycles. The summed E-state index contributed by atoms with van der Waals surface area (Å²) in [7, 11) is 0. The van der Waals surface area contributed by atoms with E-state index < -0.39 is 17.8 Å². The molecule has 0 atom stereocenters. The molecule has 9 heteroatoms. The molecule has 0 fully saturated rings. The van der Waals surface area contributed by atoms with Gasteiger partial charge in [-0.25, -0.2) is 9.78 Å². The third kappa shape index (κ3) is 4.76. The average Bonchev–Trinajstić information content (AvgIpc) is 2.96. The fraction of sp³-hybridized carbons (Fsp3) is 0.308. The molecule has 0 spiro atoms. The molecule has 6 nitrogen and oxygen atoms in total. The highest BCUT2D eigenvalue weighted by molar-refractivity contribution is 5.89. The third-order valence-corrected chi connectivity index (χ3v) is 2.76. The lowest BCUT2D eigenvalue weighted by Crippen LogP contribution is -2.30. The first-order valence-corrected chi connectivity index (χ1v) is 6.50. The predicted molar refractivity (Wildman–Crippen MR) is 73.1 cm³/mol. The predicted octanol–water partition coefficient (Wildman–Crippen LogP) is 2.51. The van der Waals surface area contributed by atoms with Gasteiger partial charge < -0.3 is 10.6 Å². The number of benzene rings is 1. The molecule has 0 bridgehead atoms. The second kappa shape index (κ2) is 6.92. The van der Waals surface area contributed by atoms with Gasteiger partial charge in [-0.3, -0.25) is 4.68 Å². The molecule has 0 radical (unpaired) electrons. The number of rotatable bonds is 5. The van der Waals surface area contributed by atoms with Crippen molar-refractivity contribution >= 4 is 11.7 Å².